The molecule has 0 aliphatic carbocycles. The summed E-state index contributed by atoms with van der Waals surface area (Å²) in [6.45, 7) is 2.72. The Kier molecular flexibility index (Phi) is 7.70. The molecule has 4 rings (SSSR count). The molecule has 0 aliphatic rings. The standard InChI is InChI=1S/C28H27IO4/c1-2-3-5-10-25-27(28(31)20-11-14-24(30)23(29)17-20)22-13-12-21(18-26(22)33-25)32-16-15-19-8-6-4-7-9-19/h4,6-9,11-14,17-18,30H,2-3,5,10,15-16H2,1H3. The predicted molar refractivity (Wildman–Crippen MR) is 139 cm³/mol. The lowest BCUT2D eigenvalue weighted by Gasteiger charge is -2.07. The number of unbranched alkanes of at least 4 members (excludes halogenated alkanes) is 2. The van der Waals surface area contributed by atoms with Gasteiger partial charge in [0.25, 0.3) is 0 Å². The zero-order valence-electron chi connectivity index (χ0n) is 18.6. The number of phenols is 1. The lowest BCUT2D eigenvalue weighted by molar-refractivity contribution is 0.103. The van der Waals surface area contributed by atoms with Crippen LogP contribution in [-0.4, -0.2) is 17.5 Å². The zero-order valence-corrected chi connectivity index (χ0v) is 20.8. The monoisotopic (exact) mass is 554 g/mol. The van der Waals surface area contributed by atoms with Crippen molar-refractivity contribution >= 4 is 39.3 Å². The van der Waals surface area contributed by atoms with Gasteiger partial charge in [0.15, 0.2) is 5.78 Å². The SMILES string of the molecule is CCCCCc1oc2cc(OCCc3ccccc3)ccc2c1C(=O)c1ccc(O)c(I)c1. The summed E-state index contributed by atoms with van der Waals surface area (Å²) in [6, 6.07) is 20.9. The summed E-state index contributed by atoms with van der Waals surface area (Å²) in [5.41, 5.74) is 3.04. The second kappa shape index (κ2) is 10.9. The number of halogens is 1. The van der Waals surface area contributed by atoms with Crippen molar-refractivity contribution in [1.29, 1.82) is 0 Å². The smallest absolute Gasteiger partial charge is 0.197 e. The first-order valence-electron chi connectivity index (χ1n) is 11.3. The molecule has 1 aromatic heterocycles. The number of carbonyl (C=O) groups excluding carboxylic acids is 1. The number of rotatable bonds is 10. The average Bonchev–Trinajstić information content (AvgIpc) is 3.18. The van der Waals surface area contributed by atoms with Crippen LogP contribution in [0.1, 0.15) is 53.4 Å². The van der Waals surface area contributed by atoms with Crippen molar-refractivity contribution in [2.45, 2.75) is 39.0 Å². The molecule has 0 radical (unpaired) electrons. The summed E-state index contributed by atoms with van der Waals surface area (Å²) in [5, 5.41) is 10.6. The number of ketones is 1. The van der Waals surface area contributed by atoms with Crippen LogP contribution in [0.5, 0.6) is 11.5 Å². The number of phenolic OH excluding ortho intramolecular Hbond substituents is 1. The Morgan fingerprint density at radius 2 is 1.82 bits per heavy atom. The molecule has 1 heterocycles. The highest BCUT2D eigenvalue weighted by Crippen LogP contribution is 2.33. The van der Waals surface area contributed by atoms with Crippen molar-refractivity contribution in [2.75, 3.05) is 6.61 Å². The van der Waals surface area contributed by atoms with Gasteiger partial charge in [-0.15, -0.1) is 0 Å². The van der Waals surface area contributed by atoms with Gasteiger partial charge in [0.2, 0.25) is 0 Å². The third kappa shape index (κ3) is 5.58. The molecule has 0 saturated carbocycles. The van der Waals surface area contributed by atoms with Gasteiger partial charge in [-0.3, -0.25) is 4.79 Å². The lowest BCUT2D eigenvalue weighted by atomic mass is 9.98. The Balaban J connectivity index is 1.61. The highest BCUT2D eigenvalue weighted by Gasteiger charge is 2.23. The third-order valence-corrected chi connectivity index (χ3v) is 6.55. The van der Waals surface area contributed by atoms with Gasteiger partial charge in [-0.2, -0.15) is 0 Å². The fourth-order valence-corrected chi connectivity index (χ4v) is 4.42. The number of hydrogen-bond donors (Lipinski definition) is 1. The molecule has 0 fully saturated rings. The van der Waals surface area contributed by atoms with Crippen molar-refractivity contribution in [2.24, 2.45) is 0 Å². The average molecular weight is 554 g/mol. The molecule has 170 valence electrons. The van der Waals surface area contributed by atoms with Crippen LogP contribution in [0.2, 0.25) is 0 Å². The predicted octanol–water partition coefficient (Wildman–Crippen LogP) is 7.33. The molecule has 33 heavy (non-hydrogen) atoms. The fraction of sp³-hybridized carbons (Fsp3) is 0.250. The molecular formula is C28H27IO4. The van der Waals surface area contributed by atoms with Crippen LogP contribution in [0.25, 0.3) is 11.0 Å². The van der Waals surface area contributed by atoms with Gasteiger partial charge in [-0.05, 0) is 64.9 Å². The zero-order chi connectivity index (χ0) is 23.2. The van der Waals surface area contributed by atoms with Crippen LogP contribution in [0.3, 0.4) is 0 Å². The normalized spacial score (nSPS) is 11.1. The van der Waals surface area contributed by atoms with Crippen LogP contribution in [0.15, 0.2) is 71.1 Å². The van der Waals surface area contributed by atoms with E-state index in [1.807, 2.05) is 59.0 Å². The van der Waals surface area contributed by atoms with E-state index in [9.17, 15) is 9.90 Å². The van der Waals surface area contributed by atoms with Gasteiger partial charge in [0.1, 0.15) is 22.8 Å². The number of fused-ring (bicyclic) bond motifs is 1. The minimum Gasteiger partial charge on any atom is -0.507 e. The van der Waals surface area contributed by atoms with E-state index in [0.717, 1.165) is 36.8 Å². The molecule has 0 unspecified atom stereocenters. The van der Waals surface area contributed by atoms with Crippen LogP contribution in [0.4, 0.5) is 0 Å². The molecular weight excluding hydrogens is 527 g/mol. The number of aromatic hydroxyl groups is 1. The van der Waals surface area contributed by atoms with Crippen molar-refractivity contribution in [3.05, 3.63) is 92.8 Å². The van der Waals surface area contributed by atoms with E-state index in [2.05, 4.69) is 19.1 Å². The maximum absolute atomic E-state index is 13.5. The fourth-order valence-electron chi connectivity index (χ4n) is 3.90. The topological polar surface area (TPSA) is 59.7 Å². The second-order valence-corrected chi connectivity index (χ2v) is 9.26. The first-order chi connectivity index (χ1) is 16.1. The van der Waals surface area contributed by atoms with Crippen LogP contribution in [-0.2, 0) is 12.8 Å². The first-order valence-corrected chi connectivity index (χ1v) is 12.4. The summed E-state index contributed by atoms with van der Waals surface area (Å²) in [7, 11) is 0. The van der Waals surface area contributed by atoms with Crippen molar-refractivity contribution in [3.63, 3.8) is 0 Å². The van der Waals surface area contributed by atoms with Crippen LogP contribution >= 0.6 is 22.6 Å². The lowest BCUT2D eigenvalue weighted by Crippen LogP contribution is -2.04. The summed E-state index contributed by atoms with van der Waals surface area (Å²) >= 11 is 2.03. The van der Waals surface area contributed by atoms with E-state index in [0.29, 0.717) is 39.1 Å². The van der Waals surface area contributed by atoms with Crippen molar-refractivity contribution in [1.82, 2.24) is 0 Å². The number of aryl methyl sites for hydroxylation is 1. The van der Waals surface area contributed by atoms with E-state index in [1.54, 1.807) is 18.2 Å². The van der Waals surface area contributed by atoms with E-state index < -0.39 is 0 Å². The number of hydrogen-bond acceptors (Lipinski definition) is 4. The van der Waals surface area contributed by atoms with Gasteiger partial charge in [0.05, 0.1) is 15.7 Å². The number of furan rings is 1. The minimum absolute atomic E-state index is 0.0871. The summed E-state index contributed by atoms with van der Waals surface area (Å²) in [5.74, 6) is 1.53. The molecule has 1 N–H and O–H groups in total. The van der Waals surface area contributed by atoms with E-state index in [1.165, 1.54) is 5.56 Å². The van der Waals surface area contributed by atoms with Crippen molar-refractivity contribution < 1.29 is 19.1 Å². The van der Waals surface area contributed by atoms with Gasteiger partial charge in [-0.25, -0.2) is 0 Å². The molecule has 0 aliphatic heterocycles. The Morgan fingerprint density at radius 3 is 2.58 bits per heavy atom. The maximum Gasteiger partial charge on any atom is 0.197 e. The Labute approximate surface area is 207 Å². The number of ether oxygens (including phenoxy) is 1. The van der Waals surface area contributed by atoms with Gasteiger partial charge < -0.3 is 14.3 Å². The van der Waals surface area contributed by atoms with Gasteiger partial charge >= 0.3 is 0 Å². The Morgan fingerprint density at radius 1 is 1.00 bits per heavy atom. The van der Waals surface area contributed by atoms with E-state index in [4.69, 9.17) is 9.15 Å². The summed E-state index contributed by atoms with van der Waals surface area (Å²) in [4.78, 5) is 13.5. The molecule has 0 amide bonds. The molecule has 0 atom stereocenters. The van der Waals surface area contributed by atoms with Crippen LogP contribution in [0, 0.1) is 3.57 Å². The molecule has 3 aromatic carbocycles. The molecule has 0 saturated heterocycles. The quantitative estimate of drug-likeness (QED) is 0.127. The number of benzene rings is 3. The Hall–Kier alpha value is -2.80. The molecule has 4 aromatic rings. The Bertz CT molecular complexity index is 1240. The van der Waals surface area contributed by atoms with E-state index >= 15 is 0 Å². The van der Waals surface area contributed by atoms with Crippen molar-refractivity contribution in [3.8, 4) is 11.5 Å². The summed E-state index contributed by atoms with van der Waals surface area (Å²) in [6.07, 6.45) is 4.67. The number of carbonyl (C=O) groups is 1. The van der Waals surface area contributed by atoms with Crippen LogP contribution < -0.4 is 4.74 Å². The van der Waals surface area contributed by atoms with E-state index in [-0.39, 0.29) is 11.5 Å². The highest BCUT2D eigenvalue weighted by molar-refractivity contribution is 14.1. The second-order valence-electron chi connectivity index (χ2n) is 8.09. The molecule has 4 nitrogen and oxygen atoms in total. The molecule has 5 heteroatoms. The molecule has 0 spiro atoms. The maximum atomic E-state index is 13.5. The minimum atomic E-state index is -0.0871. The summed E-state index contributed by atoms with van der Waals surface area (Å²) < 4.78 is 12.8. The largest absolute Gasteiger partial charge is 0.507 e. The third-order valence-electron chi connectivity index (χ3n) is 5.68. The van der Waals surface area contributed by atoms with Gasteiger partial charge in [0, 0.05) is 29.9 Å². The first kappa shape index (κ1) is 23.4. The van der Waals surface area contributed by atoms with Gasteiger partial charge in [-0.1, -0.05) is 50.1 Å². The molecule has 0 bridgehead atoms. The highest BCUT2D eigenvalue weighted by atomic mass is 127.